The highest BCUT2D eigenvalue weighted by Gasteiger charge is 2.13. The van der Waals surface area contributed by atoms with Crippen LogP contribution >= 0.6 is 0 Å². The number of anilines is 1. The maximum atomic E-state index is 13.1. The van der Waals surface area contributed by atoms with Crippen molar-refractivity contribution in [1.82, 2.24) is 0 Å². The van der Waals surface area contributed by atoms with Crippen LogP contribution in [0.3, 0.4) is 0 Å². The van der Waals surface area contributed by atoms with Crippen molar-refractivity contribution in [2.45, 2.75) is 19.8 Å². The number of carboxylic acid groups (broad SMARTS) is 1. The van der Waals surface area contributed by atoms with Crippen molar-refractivity contribution in [3.8, 4) is 6.07 Å². The number of carboxylic acids is 1. The first-order chi connectivity index (χ1) is 8.92. The molecule has 0 bridgehead atoms. The van der Waals surface area contributed by atoms with Crippen LogP contribution < -0.4 is 5.32 Å². The molecule has 0 aliphatic heterocycles. The van der Waals surface area contributed by atoms with E-state index in [0.717, 1.165) is 6.07 Å². The van der Waals surface area contributed by atoms with Crippen molar-refractivity contribution < 1.29 is 19.1 Å². The zero-order valence-electron chi connectivity index (χ0n) is 10.3. The van der Waals surface area contributed by atoms with Gasteiger partial charge in [0.15, 0.2) is 0 Å². The Bertz CT molecular complexity index is 537. The monoisotopic (exact) mass is 264 g/mol. The molecule has 1 rings (SSSR count). The van der Waals surface area contributed by atoms with E-state index in [1.54, 1.807) is 13.0 Å². The van der Waals surface area contributed by atoms with Crippen LogP contribution in [0.4, 0.5) is 10.1 Å². The fourth-order valence-corrected chi connectivity index (χ4v) is 1.59. The first kappa shape index (κ1) is 14.6. The zero-order chi connectivity index (χ0) is 14.4. The largest absolute Gasteiger partial charge is 0.481 e. The number of benzene rings is 1. The van der Waals surface area contributed by atoms with Gasteiger partial charge in [0.05, 0.1) is 5.56 Å². The minimum Gasteiger partial charge on any atom is -0.481 e. The minimum absolute atomic E-state index is 0.0472. The number of carbonyl (C=O) groups excluding carboxylic acids is 1. The number of nitrogens with zero attached hydrogens (tertiary/aromatic N) is 1. The maximum Gasteiger partial charge on any atom is 0.303 e. The third-order valence-electron chi connectivity index (χ3n) is 2.43. The normalized spacial score (nSPS) is 11.4. The van der Waals surface area contributed by atoms with E-state index < -0.39 is 11.8 Å². The molecule has 1 aromatic carbocycles. The lowest BCUT2D eigenvalue weighted by Crippen LogP contribution is -2.17. The number of carbonyl (C=O) groups is 2. The highest BCUT2D eigenvalue weighted by atomic mass is 19.1. The summed E-state index contributed by atoms with van der Waals surface area (Å²) in [4.78, 5) is 22.1. The third-order valence-corrected chi connectivity index (χ3v) is 2.43. The number of aliphatic carboxylic acids is 1. The molecule has 1 atom stereocenters. The standard InChI is InChI=1S/C13H13FN2O3/c1-8(5-13(18)19)4-12(17)16-10-2-3-11(14)9(6-10)7-15/h2-3,6,8H,4-5H2,1H3,(H,16,17)(H,18,19). The van der Waals surface area contributed by atoms with Crippen molar-refractivity contribution in [3.63, 3.8) is 0 Å². The summed E-state index contributed by atoms with van der Waals surface area (Å²) in [6, 6.07) is 5.34. The summed E-state index contributed by atoms with van der Waals surface area (Å²) in [5, 5.41) is 19.7. The molecule has 0 fully saturated rings. The van der Waals surface area contributed by atoms with Gasteiger partial charge in [0, 0.05) is 18.5 Å². The first-order valence-corrected chi connectivity index (χ1v) is 5.63. The van der Waals surface area contributed by atoms with Crippen LogP contribution in [0.2, 0.25) is 0 Å². The summed E-state index contributed by atoms with van der Waals surface area (Å²) in [5.41, 5.74) is 0.154. The van der Waals surface area contributed by atoms with Crippen molar-refractivity contribution in [2.24, 2.45) is 5.92 Å². The maximum absolute atomic E-state index is 13.1. The van der Waals surface area contributed by atoms with Gasteiger partial charge in [-0.05, 0) is 24.1 Å². The lowest BCUT2D eigenvalue weighted by atomic mass is 10.0. The molecule has 0 spiro atoms. The number of nitrogens with one attached hydrogen (secondary N) is 1. The molecule has 0 saturated carbocycles. The minimum atomic E-state index is -0.964. The van der Waals surface area contributed by atoms with Crippen LogP contribution in [0, 0.1) is 23.1 Å². The lowest BCUT2D eigenvalue weighted by molar-refractivity contribution is -0.138. The van der Waals surface area contributed by atoms with Gasteiger partial charge >= 0.3 is 5.97 Å². The Morgan fingerprint density at radius 3 is 2.74 bits per heavy atom. The molecule has 0 saturated heterocycles. The second-order valence-electron chi connectivity index (χ2n) is 4.26. The van der Waals surface area contributed by atoms with Gasteiger partial charge in [0.25, 0.3) is 0 Å². The Balaban J connectivity index is 2.62. The van der Waals surface area contributed by atoms with Gasteiger partial charge < -0.3 is 10.4 Å². The zero-order valence-corrected chi connectivity index (χ0v) is 10.3. The molecule has 100 valence electrons. The molecule has 5 nitrogen and oxygen atoms in total. The molecule has 1 aromatic rings. The molecular formula is C13H13FN2O3. The average Bonchev–Trinajstić information content (AvgIpc) is 2.30. The number of halogens is 1. The Morgan fingerprint density at radius 1 is 1.47 bits per heavy atom. The highest BCUT2D eigenvalue weighted by molar-refractivity contribution is 5.91. The predicted molar refractivity (Wildman–Crippen MR) is 65.8 cm³/mol. The van der Waals surface area contributed by atoms with Gasteiger partial charge in [-0.3, -0.25) is 9.59 Å². The summed E-state index contributed by atoms with van der Waals surface area (Å²) in [6.45, 7) is 1.65. The van der Waals surface area contributed by atoms with Crippen LogP contribution in [-0.4, -0.2) is 17.0 Å². The quantitative estimate of drug-likeness (QED) is 0.852. The predicted octanol–water partition coefficient (Wildman–Crippen LogP) is 2.14. The van der Waals surface area contributed by atoms with Gasteiger partial charge in [-0.2, -0.15) is 5.26 Å². The average molecular weight is 264 g/mol. The van der Waals surface area contributed by atoms with E-state index in [1.165, 1.54) is 12.1 Å². The molecule has 0 radical (unpaired) electrons. The van der Waals surface area contributed by atoms with E-state index in [9.17, 15) is 14.0 Å². The van der Waals surface area contributed by atoms with Crippen molar-refractivity contribution >= 4 is 17.6 Å². The number of rotatable bonds is 5. The SMILES string of the molecule is CC(CC(=O)O)CC(=O)Nc1ccc(F)c(C#N)c1. The van der Waals surface area contributed by atoms with E-state index in [4.69, 9.17) is 10.4 Å². The summed E-state index contributed by atoms with van der Waals surface area (Å²) < 4.78 is 13.1. The summed E-state index contributed by atoms with van der Waals surface area (Å²) in [7, 11) is 0. The Hall–Kier alpha value is -2.42. The van der Waals surface area contributed by atoms with Crippen molar-refractivity contribution in [1.29, 1.82) is 5.26 Å². The molecular weight excluding hydrogens is 251 g/mol. The van der Waals surface area contributed by atoms with Crippen LogP contribution in [-0.2, 0) is 9.59 Å². The second-order valence-corrected chi connectivity index (χ2v) is 4.26. The Kier molecular flexibility index (Phi) is 5.01. The molecule has 6 heteroatoms. The lowest BCUT2D eigenvalue weighted by Gasteiger charge is -2.09. The molecule has 0 aliphatic carbocycles. The number of hydrogen-bond acceptors (Lipinski definition) is 3. The van der Waals surface area contributed by atoms with E-state index in [2.05, 4.69) is 5.32 Å². The van der Waals surface area contributed by atoms with Gasteiger partial charge in [-0.1, -0.05) is 6.92 Å². The molecule has 2 N–H and O–H groups in total. The topological polar surface area (TPSA) is 90.2 Å². The summed E-state index contributed by atoms with van der Waals surface area (Å²) >= 11 is 0. The van der Waals surface area contributed by atoms with Crippen LogP contribution in [0.5, 0.6) is 0 Å². The van der Waals surface area contributed by atoms with Crippen LogP contribution in [0.15, 0.2) is 18.2 Å². The third kappa shape index (κ3) is 4.76. The van der Waals surface area contributed by atoms with E-state index in [0.29, 0.717) is 5.69 Å². The van der Waals surface area contributed by atoms with E-state index in [-0.39, 0.29) is 30.2 Å². The summed E-state index contributed by atoms with van der Waals surface area (Å²) in [6.07, 6.45) is -0.0498. The molecule has 0 aliphatic rings. The van der Waals surface area contributed by atoms with Crippen LogP contribution in [0.25, 0.3) is 0 Å². The molecule has 1 amide bonds. The van der Waals surface area contributed by atoms with Gasteiger partial charge in [0.1, 0.15) is 11.9 Å². The Labute approximate surface area is 109 Å². The van der Waals surface area contributed by atoms with Crippen molar-refractivity contribution in [2.75, 3.05) is 5.32 Å². The molecule has 0 heterocycles. The smallest absolute Gasteiger partial charge is 0.303 e. The number of nitriles is 1. The fraction of sp³-hybridized carbons (Fsp3) is 0.308. The van der Waals surface area contributed by atoms with Gasteiger partial charge in [-0.15, -0.1) is 0 Å². The molecule has 19 heavy (non-hydrogen) atoms. The van der Waals surface area contributed by atoms with E-state index >= 15 is 0 Å². The second kappa shape index (κ2) is 6.50. The molecule has 1 unspecified atom stereocenters. The van der Waals surface area contributed by atoms with Crippen molar-refractivity contribution in [3.05, 3.63) is 29.6 Å². The summed E-state index contributed by atoms with van der Waals surface area (Å²) in [5.74, 6) is -2.29. The van der Waals surface area contributed by atoms with Gasteiger partial charge in [-0.25, -0.2) is 4.39 Å². The number of amides is 1. The van der Waals surface area contributed by atoms with Gasteiger partial charge in [0.2, 0.25) is 5.91 Å². The fourth-order valence-electron chi connectivity index (χ4n) is 1.59. The number of hydrogen-bond donors (Lipinski definition) is 2. The first-order valence-electron chi connectivity index (χ1n) is 5.63. The highest BCUT2D eigenvalue weighted by Crippen LogP contribution is 2.15. The Morgan fingerprint density at radius 2 is 2.16 bits per heavy atom. The van der Waals surface area contributed by atoms with Crippen LogP contribution in [0.1, 0.15) is 25.3 Å². The van der Waals surface area contributed by atoms with E-state index in [1.807, 2.05) is 0 Å². The molecule has 0 aromatic heterocycles.